The highest BCUT2D eigenvalue weighted by molar-refractivity contribution is 6.04. The van der Waals surface area contributed by atoms with Gasteiger partial charge in [-0.15, -0.1) is 5.10 Å². The van der Waals surface area contributed by atoms with Gasteiger partial charge in [0.15, 0.2) is 17.5 Å². The van der Waals surface area contributed by atoms with Crippen molar-refractivity contribution in [1.29, 1.82) is 0 Å². The van der Waals surface area contributed by atoms with Crippen LogP contribution in [0.2, 0.25) is 0 Å². The number of carbonyl (C=O) groups excluding carboxylic acids is 1. The van der Waals surface area contributed by atoms with E-state index in [9.17, 15) is 9.18 Å². The lowest BCUT2D eigenvalue weighted by molar-refractivity contribution is 0.102. The number of hydrogen-bond acceptors (Lipinski definition) is 5. The minimum Gasteiger partial charge on any atom is -0.368 e. The fourth-order valence-electron chi connectivity index (χ4n) is 1.46. The topological polar surface area (TPSA) is 79.8 Å². The molecule has 0 aliphatic heterocycles. The van der Waals surface area contributed by atoms with Crippen LogP contribution in [0, 0.1) is 5.82 Å². The first-order valence-corrected chi connectivity index (χ1v) is 5.69. The normalized spacial score (nSPS) is 10.0. The quantitative estimate of drug-likeness (QED) is 0.875. The van der Waals surface area contributed by atoms with E-state index in [-0.39, 0.29) is 17.2 Å². The maximum absolute atomic E-state index is 14.0. The molecule has 6 nitrogen and oxygen atoms in total. The van der Waals surface area contributed by atoms with Crippen molar-refractivity contribution >= 4 is 17.5 Å². The Morgan fingerprint density at radius 1 is 1.37 bits per heavy atom. The number of amides is 1. The molecule has 19 heavy (non-hydrogen) atoms. The smallest absolute Gasteiger partial charge is 0.260 e. The molecule has 0 bridgehead atoms. The van der Waals surface area contributed by atoms with Gasteiger partial charge in [0.05, 0.1) is 5.56 Å². The highest BCUT2D eigenvalue weighted by Crippen LogP contribution is 2.16. The molecule has 0 atom stereocenters. The molecule has 2 rings (SSSR count). The molecule has 1 amide bonds. The summed E-state index contributed by atoms with van der Waals surface area (Å²) in [6, 6.07) is 4.49. The van der Waals surface area contributed by atoms with Gasteiger partial charge in [0.2, 0.25) is 0 Å². The van der Waals surface area contributed by atoms with Crippen molar-refractivity contribution in [3.63, 3.8) is 0 Å². The Labute approximate surface area is 109 Å². The first-order chi connectivity index (χ1) is 9.22. The first-order valence-electron chi connectivity index (χ1n) is 5.69. The Bertz CT molecular complexity index is 576. The summed E-state index contributed by atoms with van der Waals surface area (Å²) in [5.74, 6) is -0.978. The molecule has 98 valence electrons. The van der Waals surface area contributed by atoms with Crippen LogP contribution in [0.3, 0.4) is 0 Å². The lowest BCUT2D eigenvalue weighted by Gasteiger charge is -2.08. The Morgan fingerprint density at radius 2 is 2.21 bits per heavy atom. The summed E-state index contributed by atoms with van der Waals surface area (Å²) in [5, 5.41) is 12.5. The maximum atomic E-state index is 14.0. The van der Waals surface area contributed by atoms with E-state index in [1.54, 1.807) is 12.1 Å². The highest BCUT2D eigenvalue weighted by atomic mass is 19.1. The molecular weight excluding hydrogens is 249 g/mol. The van der Waals surface area contributed by atoms with Crippen LogP contribution in [-0.4, -0.2) is 27.6 Å². The van der Waals surface area contributed by atoms with Gasteiger partial charge in [-0.2, -0.15) is 5.10 Å². The zero-order valence-corrected chi connectivity index (χ0v) is 10.2. The van der Waals surface area contributed by atoms with Gasteiger partial charge in [-0.3, -0.25) is 4.79 Å². The SMILES string of the molecule is CCNc1nccc(C(=O)Nc2cccnn2)c1F. The van der Waals surface area contributed by atoms with Crippen LogP contribution in [0.1, 0.15) is 17.3 Å². The number of anilines is 2. The molecule has 2 heterocycles. The second kappa shape index (κ2) is 5.85. The van der Waals surface area contributed by atoms with Gasteiger partial charge >= 0.3 is 0 Å². The summed E-state index contributed by atoms with van der Waals surface area (Å²) in [7, 11) is 0. The van der Waals surface area contributed by atoms with Crippen molar-refractivity contribution in [2.45, 2.75) is 6.92 Å². The largest absolute Gasteiger partial charge is 0.368 e. The molecule has 0 saturated heterocycles. The molecule has 7 heteroatoms. The molecular formula is C12H12FN5O. The van der Waals surface area contributed by atoms with Crippen molar-refractivity contribution in [1.82, 2.24) is 15.2 Å². The summed E-state index contributed by atoms with van der Waals surface area (Å²) in [4.78, 5) is 15.7. The minimum absolute atomic E-state index is 0.0503. The van der Waals surface area contributed by atoms with E-state index in [1.165, 1.54) is 18.5 Å². The average molecular weight is 261 g/mol. The van der Waals surface area contributed by atoms with Crippen molar-refractivity contribution in [3.05, 3.63) is 42.0 Å². The number of hydrogen-bond donors (Lipinski definition) is 2. The molecule has 0 saturated carbocycles. The average Bonchev–Trinajstić information content (AvgIpc) is 2.42. The predicted molar refractivity (Wildman–Crippen MR) is 68.3 cm³/mol. The van der Waals surface area contributed by atoms with Crippen molar-refractivity contribution in [2.75, 3.05) is 17.2 Å². The summed E-state index contributed by atoms with van der Waals surface area (Å²) in [5.41, 5.74) is -0.100. The minimum atomic E-state index is -0.689. The summed E-state index contributed by atoms with van der Waals surface area (Å²) in [6.07, 6.45) is 2.85. The Balaban J connectivity index is 2.22. The van der Waals surface area contributed by atoms with Gasteiger partial charge in [0, 0.05) is 18.9 Å². The van der Waals surface area contributed by atoms with Crippen LogP contribution >= 0.6 is 0 Å². The third-order valence-electron chi connectivity index (χ3n) is 2.29. The molecule has 0 spiro atoms. The fourth-order valence-corrected chi connectivity index (χ4v) is 1.46. The second-order valence-corrected chi connectivity index (χ2v) is 3.61. The Kier molecular flexibility index (Phi) is 3.97. The molecule has 0 fully saturated rings. The standard InChI is InChI=1S/C12H12FN5O/c1-2-14-11-10(13)8(5-7-15-11)12(19)17-9-4-3-6-16-18-9/h3-7H,2H2,1H3,(H,14,15)(H,17,18,19). The molecule has 0 unspecified atom stereocenters. The number of carbonyl (C=O) groups is 1. The monoisotopic (exact) mass is 261 g/mol. The zero-order valence-electron chi connectivity index (χ0n) is 10.2. The third-order valence-corrected chi connectivity index (χ3v) is 2.29. The van der Waals surface area contributed by atoms with Crippen LogP contribution in [0.5, 0.6) is 0 Å². The zero-order chi connectivity index (χ0) is 13.7. The fraction of sp³-hybridized carbons (Fsp3) is 0.167. The molecule has 2 N–H and O–H groups in total. The molecule has 0 radical (unpaired) electrons. The number of nitrogens with zero attached hydrogens (tertiary/aromatic N) is 3. The van der Waals surface area contributed by atoms with Crippen LogP contribution in [-0.2, 0) is 0 Å². The van der Waals surface area contributed by atoms with E-state index in [4.69, 9.17) is 0 Å². The number of aromatic nitrogens is 3. The number of nitrogens with one attached hydrogen (secondary N) is 2. The Hall–Kier alpha value is -2.57. The molecule has 2 aromatic heterocycles. The summed E-state index contributed by atoms with van der Waals surface area (Å²) >= 11 is 0. The van der Waals surface area contributed by atoms with Crippen molar-refractivity contribution in [2.24, 2.45) is 0 Å². The lowest BCUT2D eigenvalue weighted by atomic mass is 10.2. The van der Waals surface area contributed by atoms with Gasteiger partial charge in [0.1, 0.15) is 0 Å². The number of halogens is 1. The maximum Gasteiger partial charge on any atom is 0.260 e. The van der Waals surface area contributed by atoms with E-state index in [0.717, 1.165) is 0 Å². The van der Waals surface area contributed by atoms with E-state index in [2.05, 4.69) is 25.8 Å². The first kappa shape index (κ1) is 12.9. The van der Waals surface area contributed by atoms with E-state index < -0.39 is 11.7 Å². The summed E-state index contributed by atoms with van der Waals surface area (Å²) < 4.78 is 14.0. The van der Waals surface area contributed by atoms with Gasteiger partial charge in [-0.05, 0) is 25.1 Å². The second-order valence-electron chi connectivity index (χ2n) is 3.61. The molecule has 0 aliphatic rings. The van der Waals surface area contributed by atoms with E-state index in [0.29, 0.717) is 6.54 Å². The lowest BCUT2D eigenvalue weighted by Crippen LogP contribution is -2.16. The van der Waals surface area contributed by atoms with Crippen molar-refractivity contribution in [3.8, 4) is 0 Å². The molecule has 0 aromatic carbocycles. The van der Waals surface area contributed by atoms with E-state index >= 15 is 0 Å². The third kappa shape index (κ3) is 3.01. The van der Waals surface area contributed by atoms with Crippen molar-refractivity contribution < 1.29 is 9.18 Å². The van der Waals surface area contributed by atoms with Gasteiger partial charge in [0.25, 0.3) is 5.91 Å². The van der Waals surface area contributed by atoms with Crippen LogP contribution in [0.4, 0.5) is 16.0 Å². The van der Waals surface area contributed by atoms with Gasteiger partial charge in [-0.25, -0.2) is 9.37 Å². The summed E-state index contributed by atoms with van der Waals surface area (Å²) in [6.45, 7) is 2.33. The molecule has 0 aliphatic carbocycles. The highest BCUT2D eigenvalue weighted by Gasteiger charge is 2.16. The number of rotatable bonds is 4. The molecule has 2 aromatic rings. The van der Waals surface area contributed by atoms with Crippen LogP contribution < -0.4 is 10.6 Å². The Morgan fingerprint density at radius 3 is 2.89 bits per heavy atom. The van der Waals surface area contributed by atoms with Crippen LogP contribution in [0.15, 0.2) is 30.6 Å². The van der Waals surface area contributed by atoms with Crippen LogP contribution in [0.25, 0.3) is 0 Å². The number of pyridine rings is 1. The van der Waals surface area contributed by atoms with Gasteiger partial charge < -0.3 is 10.6 Å². The van der Waals surface area contributed by atoms with Gasteiger partial charge in [-0.1, -0.05) is 0 Å². The predicted octanol–water partition coefficient (Wildman–Crippen LogP) is 1.69. The van der Waals surface area contributed by atoms with E-state index in [1.807, 2.05) is 6.92 Å².